The molecule has 1 aliphatic rings. The van der Waals surface area contributed by atoms with E-state index >= 15 is 0 Å². The van der Waals surface area contributed by atoms with E-state index in [0.29, 0.717) is 12.2 Å². The van der Waals surface area contributed by atoms with Crippen LogP contribution in [-0.4, -0.2) is 28.1 Å². The predicted octanol–water partition coefficient (Wildman–Crippen LogP) is 4.30. The van der Waals surface area contributed by atoms with Crippen molar-refractivity contribution in [3.63, 3.8) is 0 Å². The fourth-order valence-electron chi connectivity index (χ4n) is 2.76. The topological polar surface area (TPSA) is 85.4 Å². The highest BCUT2D eigenvalue weighted by Gasteiger charge is 2.65. The summed E-state index contributed by atoms with van der Waals surface area (Å²) < 4.78 is 61.4. The number of hydrogen-bond donors (Lipinski definition) is 2. The Bertz CT molecular complexity index is 1110. The van der Waals surface area contributed by atoms with Crippen LogP contribution in [0.1, 0.15) is 16.1 Å². The number of hydrogen-bond acceptors (Lipinski definition) is 6. The van der Waals surface area contributed by atoms with Gasteiger partial charge in [0.25, 0.3) is 5.91 Å². The van der Waals surface area contributed by atoms with Gasteiger partial charge in [0.1, 0.15) is 0 Å². The van der Waals surface area contributed by atoms with E-state index in [9.17, 15) is 22.4 Å². The fraction of sp³-hybridized carbons (Fsp3) is 0.150. The van der Waals surface area contributed by atoms with E-state index in [4.69, 9.17) is 0 Å². The van der Waals surface area contributed by atoms with Crippen LogP contribution in [-0.2, 0) is 6.54 Å². The zero-order valence-corrected chi connectivity index (χ0v) is 15.6. The summed E-state index contributed by atoms with van der Waals surface area (Å²) in [5, 5.41) is 5.56. The van der Waals surface area contributed by atoms with Gasteiger partial charge in [-0.3, -0.25) is 9.78 Å². The van der Waals surface area contributed by atoms with Gasteiger partial charge < -0.3 is 20.1 Å². The summed E-state index contributed by atoms with van der Waals surface area (Å²) in [6, 6.07) is 10.1. The van der Waals surface area contributed by atoms with E-state index in [1.165, 1.54) is 12.3 Å². The van der Waals surface area contributed by atoms with Crippen LogP contribution in [0.5, 0.6) is 11.5 Å². The number of nitrogens with one attached hydrogen (secondary N) is 2. The molecule has 2 N–H and O–H groups in total. The Morgan fingerprint density at radius 2 is 1.65 bits per heavy atom. The highest BCUT2D eigenvalue weighted by molar-refractivity contribution is 6.06. The van der Waals surface area contributed by atoms with Crippen LogP contribution in [0.2, 0.25) is 0 Å². The number of rotatable bonds is 5. The van der Waals surface area contributed by atoms with Crippen LogP contribution in [0.25, 0.3) is 0 Å². The van der Waals surface area contributed by atoms with E-state index in [1.807, 2.05) is 0 Å². The number of carbonyl (C=O) groups excluding carboxylic acids is 1. The molecule has 3 aromatic rings. The molecule has 4 rings (SSSR count). The second-order valence-corrected chi connectivity index (χ2v) is 6.46. The third-order valence-corrected chi connectivity index (χ3v) is 4.27. The van der Waals surface area contributed by atoms with Gasteiger partial charge in [-0.1, -0.05) is 0 Å². The molecule has 0 aliphatic carbocycles. The van der Waals surface area contributed by atoms with Crippen LogP contribution in [0, 0.1) is 0 Å². The third-order valence-electron chi connectivity index (χ3n) is 4.27. The lowest BCUT2D eigenvalue weighted by Gasteiger charge is -2.31. The van der Waals surface area contributed by atoms with Gasteiger partial charge in [0.15, 0.2) is 17.2 Å². The predicted molar refractivity (Wildman–Crippen MR) is 101 cm³/mol. The number of fused-ring (bicyclic) bond motifs is 1. The van der Waals surface area contributed by atoms with E-state index in [0.717, 1.165) is 17.7 Å². The van der Waals surface area contributed by atoms with Gasteiger partial charge in [0.2, 0.25) is 0 Å². The molecule has 0 atom stereocenters. The molecule has 2 aromatic heterocycles. The number of alkyl halides is 4. The molecule has 0 fully saturated rings. The maximum Gasteiger partial charge on any atom is 0.507 e. The van der Waals surface area contributed by atoms with Crippen LogP contribution < -0.4 is 20.1 Å². The lowest BCUT2D eigenvalue weighted by molar-refractivity contribution is -0.391. The van der Waals surface area contributed by atoms with Crippen molar-refractivity contribution in [2.75, 3.05) is 10.6 Å². The highest BCUT2D eigenvalue weighted by Crippen LogP contribution is 2.47. The molecule has 3 heterocycles. The molecule has 31 heavy (non-hydrogen) atoms. The molecule has 1 aromatic carbocycles. The van der Waals surface area contributed by atoms with Crippen molar-refractivity contribution in [3.05, 3.63) is 72.3 Å². The van der Waals surface area contributed by atoms with Crippen LogP contribution in [0.4, 0.5) is 28.9 Å². The molecule has 160 valence electrons. The van der Waals surface area contributed by atoms with E-state index in [1.54, 1.807) is 36.7 Å². The minimum Gasteiger partial charge on any atom is -0.421 e. The third kappa shape index (κ3) is 4.20. The average molecular weight is 434 g/mol. The average Bonchev–Trinajstić information content (AvgIpc) is 2.74. The maximum absolute atomic E-state index is 13.4. The molecular formula is C20H14F4N4O3. The summed E-state index contributed by atoms with van der Waals surface area (Å²) in [7, 11) is 0. The van der Waals surface area contributed by atoms with Crippen molar-refractivity contribution in [2.45, 2.75) is 18.8 Å². The standard InChI is InChI=1S/C20H14F4N4O3/c21-19(22)20(23,24)31-16-10-13(3-4-15(16)30-19)28-18(29)17-14(2-1-7-26-17)27-11-12-5-8-25-9-6-12/h1-10,27H,11H2,(H,28,29). The minimum atomic E-state index is -4.85. The summed E-state index contributed by atoms with van der Waals surface area (Å²) in [5.41, 5.74) is 1.43. The van der Waals surface area contributed by atoms with Gasteiger partial charge in [-0.25, -0.2) is 4.98 Å². The number of benzene rings is 1. The molecule has 0 saturated carbocycles. The molecule has 1 amide bonds. The summed E-state index contributed by atoms with van der Waals surface area (Å²) in [6.45, 7) is 0.405. The number of ether oxygens (including phenoxy) is 2. The number of pyridine rings is 2. The summed E-state index contributed by atoms with van der Waals surface area (Å²) >= 11 is 0. The Kier molecular flexibility index (Phi) is 5.09. The van der Waals surface area contributed by atoms with Gasteiger partial charge >= 0.3 is 12.2 Å². The molecule has 0 bridgehead atoms. The molecule has 11 heteroatoms. The van der Waals surface area contributed by atoms with Gasteiger partial charge in [0.05, 0.1) is 5.69 Å². The lowest BCUT2D eigenvalue weighted by Crippen LogP contribution is -2.52. The number of anilines is 2. The Morgan fingerprint density at radius 3 is 2.39 bits per heavy atom. The van der Waals surface area contributed by atoms with Crippen molar-refractivity contribution in [1.82, 2.24) is 9.97 Å². The second kappa shape index (κ2) is 7.74. The second-order valence-electron chi connectivity index (χ2n) is 6.46. The molecule has 0 spiro atoms. The monoisotopic (exact) mass is 434 g/mol. The normalized spacial score (nSPS) is 15.7. The Morgan fingerprint density at radius 1 is 0.935 bits per heavy atom. The van der Waals surface area contributed by atoms with Gasteiger partial charge in [-0.05, 0) is 42.0 Å². The zero-order chi connectivity index (χ0) is 22.1. The number of amides is 1. The Hall–Kier alpha value is -3.89. The van der Waals surface area contributed by atoms with Crippen LogP contribution in [0.3, 0.4) is 0 Å². The van der Waals surface area contributed by atoms with Gasteiger partial charge in [-0.15, -0.1) is 0 Å². The lowest BCUT2D eigenvalue weighted by atomic mass is 10.2. The van der Waals surface area contributed by atoms with Crippen molar-refractivity contribution in [2.24, 2.45) is 0 Å². The van der Waals surface area contributed by atoms with E-state index in [-0.39, 0.29) is 11.4 Å². The fourth-order valence-corrected chi connectivity index (χ4v) is 2.76. The van der Waals surface area contributed by atoms with Crippen molar-refractivity contribution in [3.8, 4) is 11.5 Å². The van der Waals surface area contributed by atoms with Crippen molar-refractivity contribution in [1.29, 1.82) is 0 Å². The molecule has 0 unspecified atom stereocenters. The first-order valence-corrected chi connectivity index (χ1v) is 8.92. The number of carbonyl (C=O) groups is 1. The molecule has 7 nitrogen and oxygen atoms in total. The van der Waals surface area contributed by atoms with E-state index in [2.05, 4.69) is 30.1 Å². The minimum absolute atomic E-state index is 0.0269. The first kappa shape index (κ1) is 20.4. The maximum atomic E-state index is 13.4. The number of nitrogens with zero attached hydrogens (tertiary/aromatic N) is 2. The van der Waals surface area contributed by atoms with Gasteiger partial charge in [0, 0.05) is 36.9 Å². The van der Waals surface area contributed by atoms with E-state index < -0.39 is 29.6 Å². The zero-order valence-electron chi connectivity index (χ0n) is 15.6. The highest BCUT2D eigenvalue weighted by atomic mass is 19.3. The molecular weight excluding hydrogens is 420 g/mol. The van der Waals surface area contributed by atoms with Crippen LogP contribution in [0.15, 0.2) is 61.1 Å². The number of halogens is 4. The van der Waals surface area contributed by atoms with Crippen LogP contribution >= 0.6 is 0 Å². The van der Waals surface area contributed by atoms with Crippen molar-refractivity contribution >= 4 is 17.3 Å². The summed E-state index contributed by atoms with van der Waals surface area (Å²) in [5.74, 6) is -1.86. The summed E-state index contributed by atoms with van der Waals surface area (Å²) in [6.07, 6.45) is -4.98. The largest absolute Gasteiger partial charge is 0.507 e. The molecule has 1 aliphatic heterocycles. The Labute approximate surface area is 173 Å². The Balaban J connectivity index is 1.51. The van der Waals surface area contributed by atoms with Gasteiger partial charge in [-0.2, -0.15) is 17.6 Å². The SMILES string of the molecule is O=C(Nc1ccc2c(c1)OC(F)(F)C(F)(F)O2)c1ncccc1NCc1ccncc1. The summed E-state index contributed by atoms with van der Waals surface area (Å²) in [4.78, 5) is 20.7. The first-order chi connectivity index (χ1) is 14.7. The molecule has 0 saturated heterocycles. The number of aromatic nitrogens is 2. The quantitative estimate of drug-likeness (QED) is 0.583. The smallest absolute Gasteiger partial charge is 0.421 e. The van der Waals surface area contributed by atoms with Crippen molar-refractivity contribution < 1.29 is 31.8 Å². The first-order valence-electron chi connectivity index (χ1n) is 8.92. The molecule has 0 radical (unpaired) electrons.